The predicted octanol–water partition coefficient (Wildman–Crippen LogP) is 3.34. The van der Waals surface area contributed by atoms with Crippen molar-refractivity contribution in [2.45, 2.75) is 18.7 Å². The normalized spacial score (nSPS) is 11.3. The summed E-state index contributed by atoms with van der Waals surface area (Å²) in [5.41, 5.74) is 7.84. The summed E-state index contributed by atoms with van der Waals surface area (Å²) in [7, 11) is -3.73. The SMILES string of the molecule is Cc1cccc(Cl)c1NS(=O)(=O)c1cccc(N)c1C. The summed E-state index contributed by atoms with van der Waals surface area (Å²) < 4.78 is 27.4. The maximum absolute atomic E-state index is 12.5. The highest BCUT2D eigenvalue weighted by atomic mass is 35.5. The summed E-state index contributed by atoms with van der Waals surface area (Å²) in [6.07, 6.45) is 0. The molecule has 6 heteroatoms. The number of hydrogen-bond donors (Lipinski definition) is 2. The van der Waals surface area contributed by atoms with Crippen LogP contribution >= 0.6 is 11.6 Å². The van der Waals surface area contributed by atoms with E-state index < -0.39 is 10.0 Å². The highest BCUT2D eigenvalue weighted by molar-refractivity contribution is 7.92. The highest BCUT2D eigenvalue weighted by Gasteiger charge is 2.19. The van der Waals surface area contributed by atoms with E-state index in [1.54, 1.807) is 44.2 Å². The summed E-state index contributed by atoms with van der Waals surface area (Å²) >= 11 is 6.04. The largest absolute Gasteiger partial charge is 0.398 e. The smallest absolute Gasteiger partial charge is 0.262 e. The van der Waals surface area contributed by atoms with E-state index >= 15 is 0 Å². The molecule has 0 saturated heterocycles. The van der Waals surface area contributed by atoms with Crippen molar-refractivity contribution in [3.8, 4) is 0 Å². The number of para-hydroxylation sites is 1. The molecule has 0 amide bonds. The van der Waals surface area contributed by atoms with Gasteiger partial charge in [0, 0.05) is 5.69 Å². The molecule has 0 bridgehead atoms. The molecule has 0 radical (unpaired) electrons. The van der Waals surface area contributed by atoms with Crippen molar-refractivity contribution >= 4 is 33.0 Å². The number of nitrogens with two attached hydrogens (primary N) is 1. The lowest BCUT2D eigenvalue weighted by Gasteiger charge is -2.14. The average Bonchev–Trinajstić information content (AvgIpc) is 2.37. The van der Waals surface area contributed by atoms with Crippen LogP contribution in [0.25, 0.3) is 0 Å². The van der Waals surface area contributed by atoms with Gasteiger partial charge in [-0.3, -0.25) is 4.72 Å². The van der Waals surface area contributed by atoms with Crippen molar-refractivity contribution in [2.24, 2.45) is 0 Å². The van der Waals surface area contributed by atoms with Gasteiger partial charge in [0.25, 0.3) is 10.0 Å². The van der Waals surface area contributed by atoms with Crippen molar-refractivity contribution in [1.29, 1.82) is 0 Å². The Kier molecular flexibility index (Phi) is 3.92. The average molecular weight is 311 g/mol. The standard InChI is InChI=1S/C14H15ClN2O2S/c1-9-5-3-6-11(15)14(9)17-20(18,19)13-8-4-7-12(16)10(13)2/h3-8,17H,16H2,1-2H3. The Morgan fingerprint density at radius 1 is 1.10 bits per heavy atom. The lowest BCUT2D eigenvalue weighted by Crippen LogP contribution is -2.16. The molecular weight excluding hydrogens is 296 g/mol. The van der Waals surface area contributed by atoms with Crippen LogP contribution in [0, 0.1) is 13.8 Å². The van der Waals surface area contributed by atoms with Crippen molar-refractivity contribution in [2.75, 3.05) is 10.5 Å². The zero-order chi connectivity index (χ0) is 14.9. The second-order valence-electron chi connectivity index (χ2n) is 4.51. The third kappa shape index (κ3) is 2.73. The zero-order valence-corrected chi connectivity index (χ0v) is 12.7. The molecule has 3 N–H and O–H groups in total. The summed E-state index contributed by atoms with van der Waals surface area (Å²) in [6, 6.07) is 9.97. The minimum absolute atomic E-state index is 0.150. The van der Waals surface area contributed by atoms with Gasteiger partial charge in [-0.1, -0.05) is 29.8 Å². The summed E-state index contributed by atoms with van der Waals surface area (Å²) in [5, 5.41) is 0.357. The number of sulfonamides is 1. The molecule has 106 valence electrons. The van der Waals surface area contributed by atoms with Crippen LogP contribution < -0.4 is 10.5 Å². The zero-order valence-electron chi connectivity index (χ0n) is 11.1. The Balaban J connectivity index is 2.50. The van der Waals surface area contributed by atoms with E-state index in [0.717, 1.165) is 5.56 Å². The van der Waals surface area contributed by atoms with Gasteiger partial charge in [-0.25, -0.2) is 8.42 Å². The summed E-state index contributed by atoms with van der Waals surface area (Å²) in [4.78, 5) is 0.150. The van der Waals surface area contributed by atoms with Gasteiger partial charge in [0.1, 0.15) is 0 Å². The Hall–Kier alpha value is -1.72. The number of hydrogen-bond acceptors (Lipinski definition) is 3. The maximum atomic E-state index is 12.5. The highest BCUT2D eigenvalue weighted by Crippen LogP contribution is 2.29. The molecule has 0 atom stereocenters. The number of benzene rings is 2. The second kappa shape index (κ2) is 5.34. The second-order valence-corrected chi connectivity index (χ2v) is 6.57. The third-order valence-corrected chi connectivity index (χ3v) is 4.88. The van der Waals surface area contributed by atoms with Crippen molar-refractivity contribution < 1.29 is 8.42 Å². The Labute approximate surface area is 123 Å². The minimum atomic E-state index is -3.73. The summed E-state index contributed by atoms with van der Waals surface area (Å²) in [6.45, 7) is 3.46. The molecular formula is C14H15ClN2O2S. The topological polar surface area (TPSA) is 72.2 Å². The number of nitrogen functional groups attached to an aromatic ring is 1. The van der Waals surface area contributed by atoms with Gasteiger partial charge >= 0.3 is 0 Å². The molecule has 0 aliphatic carbocycles. The quantitative estimate of drug-likeness (QED) is 0.854. The molecule has 0 unspecified atom stereocenters. The fraction of sp³-hybridized carbons (Fsp3) is 0.143. The Bertz CT molecular complexity index is 738. The van der Waals surface area contributed by atoms with E-state index in [9.17, 15) is 8.42 Å². The molecule has 0 aromatic heterocycles. The molecule has 0 fully saturated rings. The third-order valence-electron chi connectivity index (χ3n) is 3.07. The van der Waals surface area contributed by atoms with Crippen LogP contribution in [0.2, 0.25) is 5.02 Å². The van der Waals surface area contributed by atoms with Gasteiger partial charge < -0.3 is 5.73 Å². The first kappa shape index (κ1) is 14.7. The van der Waals surface area contributed by atoms with E-state index in [1.165, 1.54) is 6.07 Å². The number of rotatable bonds is 3. The van der Waals surface area contributed by atoms with Crippen LogP contribution in [-0.2, 0) is 10.0 Å². The van der Waals surface area contributed by atoms with Gasteiger partial charge in [0.05, 0.1) is 15.6 Å². The molecule has 0 aliphatic rings. The molecule has 4 nitrogen and oxygen atoms in total. The first-order chi connectivity index (χ1) is 9.33. The van der Waals surface area contributed by atoms with Crippen LogP contribution in [0.1, 0.15) is 11.1 Å². The van der Waals surface area contributed by atoms with Gasteiger partial charge in [-0.15, -0.1) is 0 Å². The fourth-order valence-corrected chi connectivity index (χ4v) is 3.63. The number of anilines is 2. The van der Waals surface area contributed by atoms with Gasteiger partial charge in [0.15, 0.2) is 0 Å². The number of nitrogens with one attached hydrogen (secondary N) is 1. The molecule has 0 saturated carbocycles. The number of aryl methyl sites for hydroxylation is 1. The van der Waals surface area contributed by atoms with Crippen LogP contribution in [0.4, 0.5) is 11.4 Å². The summed E-state index contributed by atoms with van der Waals surface area (Å²) in [5.74, 6) is 0. The monoisotopic (exact) mass is 310 g/mol. The first-order valence-electron chi connectivity index (χ1n) is 5.96. The van der Waals surface area contributed by atoms with E-state index in [-0.39, 0.29) is 4.90 Å². The Morgan fingerprint density at radius 2 is 1.75 bits per heavy atom. The Morgan fingerprint density at radius 3 is 2.40 bits per heavy atom. The van der Waals surface area contributed by atoms with Gasteiger partial charge in [0.2, 0.25) is 0 Å². The van der Waals surface area contributed by atoms with Crippen LogP contribution in [0.5, 0.6) is 0 Å². The molecule has 0 aliphatic heterocycles. The molecule has 20 heavy (non-hydrogen) atoms. The lowest BCUT2D eigenvalue weighted by molar-refractivity contribution is 0.600. The fourth-order valence-electron chi connectivity index (χ4n) is 1.87. The van der Waals surface area contributed by atoms with E-state index in [2.05, 4.69) is 4.72 Å². The first-order valence-corrected chi connectivity index (χ1v) is 7.82. The number of halogens is 1. The molecule has 0 heterocycles. The predicted molar refractivity (Wildman–Crippen MR) is 82.6 cm³/mol. The van der Waals surface area contributed by atoms with Crippen LogP contribution in [0.15, 0.2) is 41.3 Å². The molecule has 2 aromatic carbocycles. The van der Waals surface area contributed by atoms with Crippen LogP contribution in [-0.4, -0.2) is 8.42 Å². The minimum Gasteiger partial charge on any atom is -0.398 e. The van der Waals surface area contributed by atoms with Crippen molar-refractivity contribution in [1.82, 2.24) is 0 Å². The van der Waals surface area contributed by atoms with Crippen LogP contribution in [0.3, 0.4) is 0 Å². The van der Waals surface area contributed by atoms with E-state index in [1.807, 2.05) is 0 Å². The van der Waals surface area contributed by atoms with Crippen molar-refractivity contribution in [3.63, 3.8) is 0 Å². The maximum Gasteiger partial charge on any atom is 0.262 e. The lowest BCUT2D eigenvalue weighted by atomic mass is 10.2. The van der Waals surface area contributed by atoms with Gasteiger partial charge in [-0.2, -0.15) is 0 Å². The molecule has 0 spiro atoms. The van der Waals surface area contributed by atoms with Crippen molar-refractivity contribution in [3.05, 3.63) is 52.5 Å². The molecule has 2 rings (SSSR count). The van der Waals surface area contributed by atoms with Gasteiger partial charge in [-0.05, 0) is 43.2 Å². The molecule has 2 aromatic rings. The van der Waals surface area contributed by atoms with E-state index in [0.29, 0.717) is 22.0 Å². The van der Waals surface area contributed by atoms with E-state index in [4.69, 9.17) is 17.3 Å².